The summed E-state index contributed by atoms with van der Waals surface area (Å²) in [6.45, 7) is 0. The van der Waals surface area contributed by atoms with Gasteiger partial charge < -0.3 is 0 Å². The normalized spacial score (nSPS) is 12.2. The third-order valence-electron chi connectivity index (χ3n) is 2.68. The maximum atomic E-state index is 12.5. The van der Waals surface area contributed by atoms with Crippen LogP contribution in [-0.2, 0) is 6.30 Å². The number of rotatable bonds is 1. The van der Waals surface area contributed by atoms with Gasteiger partial charge >= 0.3 is 6.30 Å². The average Bonchev–Trinajstić information content (AvgIpc) is 2.92. The van der Waals surface area contributed by atoms with Crippen molar-refractivity contribution >= 4 is 38.6 Å². The first-order chi connectivity index (χ1) is 9.36. The molecule has 0 aliphatic carbocycles. The van der Waals surface area contributed by atoms with Crippen LogP contribution >= 0.6 is 27.5 Å². The zero-order valence-corrected chi connectivity index (χ0v) is 11.9. The SMILES string of the molecule is FC(F)(F)n1cc(-n2ccc3c(Br)cc(Cl)nc32)cn1. The summed E-state index contributed by atoms with van der Waals surface area (Å²) < 4.78 is 39.7. The lowest BCUT2D eigenvalue weighted by molar-refractivity contribution is -0.212. The minimum Gasteiger partial charge on any atom is -0.298 e. The lowest BCUT2D eigenvalue weighted by Gasteiger charge is -2.05. The first-order valence-corrected chi connectivity index (χ1v) is 6.49. The van der Waals surface area contributed by atoms with Crippen molar-refractivity contribution in [1.82, 2.24) is 19.3 Å². The molecule has 0 spiro atoms. The molecule has 9 heteroatoms. The smallest absolute Gasteiger partial charge is 0.298 e. The number of pyridine rings is 1. The van der Waals surface area contributed by atoms with Gasteiger partial charge in [0.05, 0.1) is 18.1 Å². The molecule has 0 N–H and O–H groups in total. The highest BCUT2D eigenvalue weighted by Gasteiger charge is 2.31. The Morgan fingerprint density at radius 2 is 2.05 bits per heavy atom. The molecule has 0 radical (unpaired) electrons. The van der Waals surface area contributed by atoms with E-state index in [1.54, 1.807) is 18.3 Å². The molecule has 104 valence electrons. The van der Waals surface area contributed by atoms with Crippen molar-refractivity contribution in [3.63, 3.8) is 0 Å². The van der Waals surface area contributed by atoms with Gasteiger partial charge in [-0.05, 0) is 28.1 Å². The molecule has 0 aliphatic heterocycles. The molecule has 0 aliphatic rings. The third-order valence-corrected chi connectivity index (χ3v) is 3.53. The summed E-state index contributed by atoms with van der Waals surface area (Å²) in [5, 5.41) is 4.28. The fourth-order valence-electron chi connectivity index (χ4n) is 1.82. The second kappa shape index (κ2) is 4.49. The third kappa shape index (κ3) is 2.18. The highest BCUT2D eigenvalue weighted by Crippen LogP contribution is 2.29. The molecule has 20 heavy (non-hydrogen) atoms. The van der Waals surface area contributed by atoms with Gasteiger partial charge in [0.1, 0.15) is 10.8 Å². The van der Waals surface area contributed by atoms with Gasteiger partial charge in [-0.15, -0.1) is 13.2 Å². The first-order valence-electron chi connectivity index (χ1n) is 5.31. The number of aromatic nitrogens is 4. The van der Waals surface area contributed by atoms with Crippen molar-refractivity contribution in [3.05, 3.63) is 40.3 Å². The molecular formula is C11H5BrClF3N4. The van der Waals surface area contributed by atoms with Gasteiger partial charge in [0, 0.05) is 16.1 Å². The van der Waals surface area contributed by atoms with Crippen LogP contribution < -0.4 is 0 Å². The Labute approximate surface area is 123 Å². The highest BCUT2D eigenvalue weighted by molar-refractivity contribution is 9.10. The first kappa shape index (κ1) is 13.4. The van der Waals surface area contributed by atoms with Crippen molar-refractivity contribution in [2.24, 2.45) is 0 Å². The number of alkyl halides is 3. The van der Waals surface area contributed by atoms with Crippen molar-refractivity contribution in [3.8, 4) is 5.69 Å². The molecule has 4 nitrogen and oxygen atoms in total. The van der Waals surface area contributed by atoms with Crippen LogP contribution in [0.3, 0.4) is 0 Å². The van der Waals surface area contributed by atoms with Gasteiger partial charge in [-0.25, -0.2) is 4.98 Å². The van der Waals surface area contributed by atoms with Crippen LogP contribution in [0.4, 0.5) is 13.2 Å². The molecule has 3 aromatic rings. The fraction of sp³-hybridized carbons (Fsp3) is 0.0909. The van der Waals surface area contributed by atoms with Crippen LogP contribution in [0.2, 0.25) is 5.15 Å². The van der Waals surface area contributed by atoms with Gasteiger partial charge in [-0.2, -0.15) is 9.78 Å². The topological polar surface area (TPSA) is 35.6 Å². The molecule has 0 atom stereocenters. The summed E-state index contributed by atoms with van der Waals surface area (Å²) in [6.07, 6.45) is -0.942. The van der Waals surface area contributed by atoms with E-state index in [-0.39, 0.29) is 15.5 Å². The van der Waals surface area contributed by atoms with Crippen molar-refractivity contribution in [1.29, 1.82) is 0 Å². The Morgan fingerprint density at radius 1 is 1.30 bits per heavy atom. The Hall–Kier alpha value is -1.54. The summed E-state index contributed by atoms with van der Waals surface area (Å²) in [4.78, 5) is 4.12. The van der Waals surface area contributed by atoms with Gasteiger partial charge in [0.25, 0.3) is 0 Å². The fourth-order valence-corrected chi connectivity index (χ4v) is 2.67. The predicted molar refractivity (Wildman–Crippen MR) is 70.9 cm³/mol. The minimum atomic E-state index is -4.55. The van der Waals surface area contributed by atoms with E-state index in [0.717, 1.165) is 22.3 Å². The standard InChI is InChI=1S/C11H5BrClF3N4/c12-8-3-9(13)18-10-7(8)1-2-19(10)6-4-17-20(5-6)11(14,15)16/h1-5H. The Balaban J connectivity index is 2.18. The highest BCUT2D eigenvalue weighted by atomic mass is 79.9. The van der Waals surface area contributed by atoms with E-state index < -0.39 is 6.30 Å². The monoisotopic (exact) mass is 364 g/mol. The molecule has 3 rings (SSSR count). The van der Waals surface area contributed by atoms with Crippen LogP contribution in [0, 0.1) is 0 Å². The van der Waals surface area contributed by atoms with Crippen molar-refractivity contribution < 1.29 is 13.2 Å². The average molecular weight is 366 g/mol. The van der Waals surface area contributed by atoms with E-state index in [1.807, 2.05) is 0 Å². The van der Waals surface area contributed by atoms with E-state index in [9.17, 15) is 13.2 Å². The molecule has 0 bridgehead atoms. The molecule has 0 fully saturated rings. The van der Waals surface area contributed by atoms with Crippen LogP contribution in [0.15, 0.2) is 35.2 Å². The van der Waals surface area contributed by atoms with E-state index in [0.29, 0.717) is 5.65 Å². The number of halogens is 5. The molecule has 0 aromatic carbocycles. The van der Waals surface area contributed by atoms with Crippen LogP contribution in [-0.4, -0.2) is 19.3 Å². The predicted octanol–water partition coefficient (Wildman–Crippen LogP) is 4.11. The Kier molecular flexibility index (Phi) is 3.02. The molecule has 0 amide bonds. The Bertz CT molecular complexity index is 793. The molecule has 0 saturated heterocycles. The van der Waals surface area contributed by atoms with Gasteiger partial charge in [0.2, 0.25) is 0 Å². The lowest BCUT2D eigenvalue weighted by Crippen LogP contribution is -2.16. The number of hydrogen-bond donors (Lipinski definition) is 0. The second-order valence-corrected chi connectivity index (χ2v) is 5.20. The van der Waals surface area contributed by atoms with Crippen LogP contribution in [0.5, 0.6) is 0 Å². The largest absolute Gasteiger partial charge is 0.504 e. The summed E-state index contributed by atoms with van der Waals surface area (Å²) in [6, 6.07) is 3.35. The summed E-state index contributed by atoms with van der Waals surface area (Å²) in [5.41, 5.74) is 0.699. The molecule has 0 unspecified atom stereocenters. The summed E-state index contributed by atoms with van der Waals surface area (Å²) in [7, 11) is 0. The zero-order valence-electron chi connectivity index (χ0n) is 9.57. The van der Waals surface area contributed by atoms with E-state index in [2.05, 4.69) is 26.0 Å². The van der Waals surface area contributed by atoms with E-state index >= 15 is 0 Å². The van der Waals surface area contributed by atoms with Gasteiger partial charge in [-0.3, -0.25) is 4.57 Å². The second-order valence-electron chi connectivity index (χ2n) is 3.96. The quantitative estimate of drug-likeness (QED) is 0.608. The van der Waals surface area contributed by atoms with E-state index in [1.165, 1.54) is 4.57 Å². The maximum absolute atomic E-state index is 12.5. The molecular weight excluding hydrogens is 361 g/mol. The van der Waals surface area contributed by atoms with Gasteiger partial charge in [-0.1, -0.05) is 11.6 Å². The van der Waals surface area contributed by atoms with Gasteiger partial charge in [0.15, 0.2) is 0 Å². The number of nitrogens with zero attached hydrogens (tertiary/aromatic N) is 4. The minimum absolute atomic E-state index is 0.0617. The summed E-state index contributed by atoms with van der Waals surface area (Å²) in [5.74, 6) is 0. The lowest BCUT2D eigenvalue weighted by atomic mass is 10.3. The zero-order chi connectivity index (χ0) is 14.5. The number of hydrogen-bond acceptors (Lipinski definition) is 2. The maximum Gasteiger partial charge on any atom is 0.504 e. The van der Waals surface area contributed by atoms with Crippen molar-refractivity contribution in [2.75, 3.05) is 0 Å². The Morgan fingerprint density at radius 3 is 2.70 bits per heavy atom. The van der Waals surface area contributed by atoms with Crippen LogP contribution in [0.1, 0.15) is 0 Å². The van der Waals surface area contributed by atoms with Crippen molar-refractivity contribution in [2.45, 2.75) is 6.30 Å². The van der Waals surface area contributed by atoms with E-state index in [4.69, 9.17) is 11.6 Å². The molecule has 0 saturated carbocycles. The van der Waals surface area contributed by atoms with Crippen LogP contribution in [0.25, 0.3) is 16.7 Å². The number of fused-ring (bicyclic) bond motifs is 1. The molecule has 3 aromatic heterocycles. The molecule has 3 heterocycles. The summed E-state index contributed by atoms with van der Waals surface area (Å²) >= 11 is 9.19.